The Hall–Kier alpha value is -2.31. The molecule has 2 atom stereocenters. The van der Waals surface area contributed by atoms with Crippen LogP contribution in [0.15, 0.2) is 6.07 Å². The third-order valence-corrected chi connectivity index (χ3v) is 3.95. The number of aromatic nitrogens is 5. The number of aryl methyl sites for hydroxylation is 3. The summed E-state index contributed by atoms with van der Waals surface area (Å²) in [6.07, 6.45) is 1.51. The topological polar surface area (TPSA) is 82.8 Å². The van der Waals surface area contributed by atoms with Gasteiger partial charge in [0.05, 0.1) is 18.2 Å². The molecule has 7 heteroatoms. The van der Waals surface area contributed by atoms with Crippen molar-refractivity contribution in [1.82, 2.24) is 24.7 Å². The fourth-order valence-corrected chi connectivity index (χ4v) is 2.73. The van der Waals surface area contributed by atoms with Crippen LogP contribution in [-0.2, 0) is 16.0 Å². The predicted octanol–water partition coefficient (Wildman–Crippen LogP) is 1.90. The quantitative estimate of drug-likeness (QED) is 0.784. The summed E-state index contributed by atoms with van der Waals surface area (Å²) in [5.74, 6) is 2.85. The second-order valence-electron chi connectivity index (χ2n) is 5.74. The van der Waals surface area contributed by atoms with Gasteiger partial charge < -0.3 is 4.74 Å². The van der Waals surface area contributed by atoms with Gasteiger partial charge in [0.1, 0.15) is 17.5 Å². The Morgan fingerprint density at radius 1 is 1.30 bits per heavy atom. The van der Waals surface area contributed by atoms with E-state index in [4.69, 9.17) is 4.74 Å². The van der Waals surface area contributed by atoms with Crippen molar-refractivity contribution in [2.24, 2.45) is 5.92 Å². The Labute approximate surface area is 135 Å². The van der Waals surface area contributed by atoms with Crippen LogP contribution in [0, 0.1) is 19.8 Å². The minimum absolute atomic E-state index is 0.0824. The van der Waals surface area contributed by atoms with Crippen molar-refractivity contribution in [3.05, 3.63) is 29.2 Å². The standard InChI is InChI=1S/C16H21N5O2/c1-5-14-18-13(11-7-12(11)16(22)23-6-2)8-15(19-14)21-10(4)17-9(3)20-21/h8,11-12H,5-7H2,1-4H3. The summed E-state index contributed by atoms with van der Waals surface area (Å²) in [7, 11) is 0. The minimum Gasteiger partial charge on any atom is -0.466 e. The molecule has 1 saturated carbocycles. The highest BCUT2D eigenvalue weighted by atomic mass is 16.5. The first kappa shape index (κ1) is 15.6. The number of rotatable bonds is 5. The molecule has 0 radical (unpaired) electrons. The van der Waals surface area contributed by atoms with Crippen LogP contribution in [0.1, 0.15) is 49.4 Å². The summed E-state index contributed by atoms with van der Waals surface area (Å²) in [4.78, 5) is 25.3. The lowest BCUT2D eigenvalue weighted by Gasteiger charge is -2.08. The second kappa shape index (κ2) is 6.06. The molecule has 0 bridgehead atoms. The zero-order valence-corrected chi connectivity index (χ0v) is 13.9. The number of carbonyl (C=O) groups is 1. The van der Waals surface area contributed by atoms with Gasteiger partial charge in [-0.3, -0.25) is 4.79 Å². The minimum atomic E-state index is -0.136. The van der Waals surface area contributed by atoms with Crippen molar-refractivity contribution in [1.29, 1.82) is 0 Å². The molecule has 0 N–H and O–H groups in total. The van der Waals surface area contributed by atoms with Crippen LogP contribution in [0.2, 0.25) is 0 Å². The lowest BCUT2D eigenvalue weighted by Crippen LogP contribution is -2.10. The van der Waals surface area contributed by atoms with Gasteiger partial charge in [0.25, 0.3) is 0 Å². The van der Waals surface area contributed by atoms with Gasteiger partial charge in [-0.05, 0) is 27.2 Å². The molecule has 7 nitrogen and oxygen atoms in total. The molecule has 0 amide bonds. The molecule has 0 saturated heterocycles. The normalized spacial score (nSPS) is 19.7. The highest BCUT2D eigenvalue weighted by molar-refractivity contribution is 5.77. The fraction of sp³-hybridized carbons (Fsp3) is 0.562. The first-order valence-electron chi connectivity index (χ1n) is 7.98. The van der Waals surface area contributed by atoms with E-state index in [1.807, 2.05) is 33.8 Å². The van der Waals surface area contributed by atoms with Crippen molar-refractivity contribution in [2.75, 3.05) is 6.61 Å². The Morgan fingerprint density at radius 3 is 2.70 bits per heavy atom. The zero-order chi connectivity index (χ0) is 16.6. The molecule has 2 aromatic rings. The van der Waals surface area contributed by atoms with E-state index in [1.165, 1.54) is 0 Å². The molecular weight excluding hydrogens is 294 g/mol. The summed E-state index contributed by atoms with van der Waals surface area (Å²) in [6.45, 7) is 7.99. The molecule has 2 aromatic heterocycles. The van der Waals surface area contributed by atoms with Crippen molar-refractivity contribution < 1.29 is 9.53 Å². The van der Waals surface area contributed by atoms with Gasteiger partial charge in [-0.1, -0.05) is 6.92 Å². The summed E-state index contributed by atoms with van der Waals surface area (Å²) in [5.41, 5.74) is 0.887. The molecule has 2 unspecified atom stereocenters. The number of esters is 1. The number of ether oxygens (including phenoxy) is 1. The number of nitrogens with zero attached hydrogens (tertiary/aromatic N) is 5. The zero-order valence-electron chi connectivity index (χ0n) is 13.9. The van der Waals surface area contributed by atoms with E-state index in [2.05, 4.69) is 20.1 Å². The van der Waals surface area contributed by atoms with Crippen LogP contribution in [0.5, 0.6) is 0 Å². The Balaban J connectivity index is 1.92. The Morgan fingerprint density at radius 2 is 2.09 bits per heavy atom. The van der Waals surface area contributed by atoms with Crippen LogP contribution in [0.4, 0.5) is 0 Å². The third kappa shape index (κ3) is 3.09. The molecule has 2 heterocycles. The highest BCUT2D eigenvalue weighted by Gasteiger charge is 2.46. The van der Waals surface area contributed by atoms with Gasteiger partial charge in [-0.15, -0.1) is 5.10 Å². The number of hydrogen-bond acceptors (Lipinski definition) is 6. The smallest absolute Gasteiger partial charge is 0.309 e. The molecule has 1 fully saturated rings. The van der Waals surface area contributed by atoms with E-state index in [9.17, 15) is 4.79 Å². The molecule has 1 aliphatic carbocycles. The lowest BCUT2D eigenvalue weighted by atomic mass is 10.2. The SMILES string of the molecule is CCOC(=O)C1CC1c1cc(-n2nc(C)nc2C)nc(CC)n1. The number of hydrogen-bond donors (Lipinski definition) is 0. The molecule has 122 valence electrons. The van der Waals surface area contributed by atoms with E-state index >= 15 is 0 Å². The molecule has 3 rings (SSSR count). The lowest BCUT2D eigenvalue weighted by molar-refractivity contribution is -0.144. The molecule has 1 aliphatic rings. The molecule has 0 aliphatic heterocycles. The van der Waals surface area contributed by atoms with E-state index in [1.54, 1.807) is 4.68 Å². The van der Waals surface area contributed by atoms with Crippen molar-refractivity contribution in [3.8, 4) is 5.82 Å². The molecule has 23 heavy (non-hydrogen) atoms. The van der Waals surface area contributed by atoms with Crippen LogP contribution in [-0.4, -0.2) is 37.3 Å². The number of carbonyl (C=O) groups excluding carboxylic acids is 1. The maximum absolute atomic E-state index is 11.9. The summed E-state index contributed by atoms with van der Waals surface area (Å²) in [5, 5.41) is 4.38. The first-order valence-corrected chi connectivity index (χ1v) is 7.98. The van der Waals surface area contributed by atoms with Crippen molar-refractivity contribution in [2.45, 2.75) is 46.5 Å². The largest absolute Gasteiger partial charge is 0.466 e. The van der Waals surface area contributed by atoms with Gasteiger partial charge in [-0.25, -0.2) is 15.0 Å². The predicted molar refractivity (Wildman–Crippen MR) is 83.3 cm³/mol. The fourth-order valence-electron chi connectivity index (χ4n) is 2.73. The van der Waals surface area contributed by atoms with Crippen molar-refractivity contribution >= 4 is 5.97 Å². The maximum Gasteiger partial charge on any atom is 0.309 e. The van der Waals surface area contributed by atoms with Gasteiger partial charge in [0.2, 0.25) is 0 Å². The van der Waals surface area contributed by atoms with Crippen LogP contribution in [0.3, 0.4) is 0 Å². The summed E-state index contributed by atoms with van der Waals surface area (Å²) in [6, 6.07) is 1.91. The monoisotopic (exact) mass is 315 g/mol. The van der Waals surface area contributed by atoms with Crippen LogP contribution in [0.25, 0.3) is 5.82 Å². The van der Waals surface area contributed by atoms with Crippen LogP contribution >= 0.6 is 0 Å². The first-order chi connectivity index (χ1) is 11.0. The highest BCUT2D eigenvalue weighted by Crippen LogP contribution is 2.47. The van der Waals surface area contributed by atoms with Crippen LogP contribution < -0.4 is 0 Å². The molecular formula is C16H21N5O2. The average Bonchev–Trinajstić information content (AvgIpc) is 3.26. The van der Waals surface area contributed by atoms with Gasteiger partial charge in [0.15, 0.2) is 5.82 Å². The van der Waals surface area contributed by atoms with E-state index in [-0.39, 0.29) is 17.8 Å². The third-order valence-electron chi connectivity index (χ3n) is 3.95. The summed E-state index contributed by atoms with van der Waals surface area (Å²) >= 11 is 0. The van der Waals surface area contributed by atoms with Gasteiger partial charge >= 0.3 is 5.97 Å². The van der Waals surface area contributed by atoms with E-state index in [0.717, 1.165) is 30.2 Å². The van der Waals surface area contributed by atoms with Gasteiger partial charge in [0, 0.05) is 18.4 Å². The molecule has 0 spiro atoms. The average molecular weight is 315 g/mol. The second-order valence-corrected chi connectivity index (χ2v) is 5.74. The Bertz CT molecular complexity index is 740. The van der Waals surface area contributed by atoms with E-state index < -0.39 is 0 Å². The maximum atomic E-state index is 11.9. The Kier molecular flexibility index (Phi) is 4.11. The van der Waals surface area contributed by atoms with E-state index in [0.29, 0.717) is 18.2 Å². The molecule has 0 aromatic carbocycles. The van der Waals surface area contributed by atoms with Crippen molar-refractivity contribution in [3.63, 3.8) is 0 Å². The van der Waals surface area contributed by atoms with Gasteiger partial charge in [-0.2, -0.15) is 4.68 Å². The summed E-state index contributed by atoms with van der Waals surface area (Å²) < 4.78 is 6.83.